The van der Waals surface area contributed by atoms with Gasteiger partial charge >= 0.3 is 5.69 Å². The van der Waals surface area contributed by atoms with Crippen LogP contribution in [-0.2, 0) is 11.2 Å². The molecule has 0 aliphatic heterocycles. The van der Waals surface area contributed by atoms with Crippen molar-refractivity contribution in [1.29, 1.82) is 0 Å². The molecule has 0 fully saturated rings. The number of aryl methyl sites for hydroxylation is 1. The Morgan fingerprint density at radius 3 is 2.68 bits per heavy atom. The summed E-state index contributed by atoms with van der Waals surface area (Å²) in [6.07, 6.45) is 0.175. The fourth-order valence-corrected chi connectivity index (χ4v) is 4.15. The van der Waals surface area contributed by atoms with Gasteiger partial charge in [-0.15, -0.1) is 10.2 Å². The lowest BCUT2D eigenvalue weighted by molar-refractivity contribution is -0.113. The van der Waals surface area contributed by atoms with Crippen LogP contribution >= 0.6 is 11.8 Å². The lowest BCUT2D eigenvalue weighted by atomic mass is 10.2. The third-order valence-electron chi connectivity index (χ3n) is 4.84. The zero-order valence-corrected chi connectivity index (χ0v) is 19.3. The molecule has 0 radical (unpaired) electrons. The number of hydrogen-bond donors (Lipinski definition) is 3. The van der Waals surface area contributed by atoms with Gasteiger partial charge in [-0.25, -0.2) is 4.79 Å². The first-order chi connectivity index (χ1) is 16.4. The first-order valence-corrected chi connectivity index (χ1v) is 11.3. The maximum atomic E-state index is 12.6. The predicted octanol–water partition coefficient (Wildman–Crippen LogP) is 2.28. The van der Waals surface area contributed by atoms with E-state index in [9.17, 15) is 14.4 Å². The summed E-state index contributed by atoms with van der Waals surface area (Å²) in [4.78, 5) is 40.7. The quantitative estimate of drug-likeness (QED) is 0.331. The molecule has 4 aromatic rings. The smallest absolute Gasteiger partial charge is 0.325 e. The van der Waals surface area contributed by atoms with Crippen molar-refractivity contribution in [2.75, 3.05) is 18.2 Å². The molecule has 2 heterocycles. The molecule has 0 atom stereocenters. The number of hydrogen-bond acceptors (Lipinski definition) is 7. The third-order valence-corrected chi connectivity index (χ3v) is 5.77. The number of aromatic amines is 2. The van der Waals surface area contributed by atoms with Gasteiger partial charge in [-0.2, -0.15) is 0 Å². The molecule has 2 aromatic heterocycles. The maximum absolute atomic E-state index is 12.6. The Balaban J connectivity index is 1.60. The van der Waals surface area contributed by atoms with E-state index < -0.39 is 11.2 Å². The molecule has 4 rings (SSSR count). The predicted molar refractivity (Wildman–Crippen MR) is 129 cm³/mol. The first kappa shape index (κ1) is 23.1. The highest BCUT2D eigenvalue weighted by Gasteiger charge is 2.17. The lowest BCUT2D eigenvalue weighted by Gasteiger charge is -2.12. The van der Waals surface area contributed by atoms with Crippen LogP contribution in [0.1, 0.15) is 17.1 Å². The summed E-state index contributed by atoms with van der Waals surface area (Å²) in [6.45, 7) is 1.97. The summed E-state index contributed by atoms with van der Waals surface area (Å²) in [5.41, 5.74) is 1.73. The number of para-hydroxylation sites is 2. The number of carbonyl (C=O) groups is 1. The number of benzene rings is 2. The first-order valence-electron chi connectivity index (χ1n) is 10.3. The highest BCUT2D eigenvalue weighted by Crippen LogP contribution is 2.26. The number of H-pyrrole nitrogens is 2. The number of aromatic nitrogens is 5. The van der Waals surface area contributed by atoms with Crippen LogP contribution in [0.15, 0.2) is 69.3 Å². The Kier molecular flexibility index (Phi) is 6.93. The van der Waals surface area contributed by atoms with Crippen molar-refractivity contribution in [2.45, 2.75) is 18.5 Å². The lowest BCUT2D eigenvalue weighted by Crippen LogP contribution is -2.23. The van der Waals surface area contributed by atoms with Crippen molar-refractivity contribution in [3.63, 3.8) is 0 Å². The molecule has 34 heavy (non-hydrogen) atoms. The Bertz CT molecular complexity index is 1410. The van der Waals surface area contributed by atoms with Crippen LogP contribution in [0.4, 0.5) is 5.69 Å². The molecule has 10 nitrogen and oxygen atoms in total. The van der Waals surface area contributed by atoms with E-state index in [2.05, 4.69) is 25.5 Å². The molecule has 0 aliphatic rings. The van der Waals surface area contributed by atoms with Gasteiger partial charge in [0.1, 0.15) is 11.6 Å². The largest absolute Gasteiger partial charge is 0.495 e. The highest BCUT2D eigenvalue weighted by molar-refractivity contribution is 7.99. The van der Waals surface area contributed by atoms with Gasteiger partial charge in [0.25, 0.3) is 5.56 Å². The number of thioether (sulfide) groups is 1. The summed E-state index contributed by atoms with van der Waals surface area (Å²) in [5.74, 6) is 0.940. The minimum absolute atomic E-state index is 0.0871. The Morgan fingerprint density at radius 2 is 1.91 bits per heavy atom. The number of nitrogens with one attached hydrogen (secondary N) is 3. The van der Waals surface area contributed by atoms with Crippen LogP contribution in [-0.4, -0.2) is 43.5 Å². The summed E-state index contributed by atoms with van der Waals surface area (Å²) < 4.78 is 7.09. The van der Waals surface area contributed by atoms with Gasteiger partial charge in [0.15, 0.2) is 5.16 Å². The van der Waals surface area contributed by atoms with Gasteiger partial charge in [-0.05, 0) is 36.8 Å². The van der Waals surface area contributed by atoms with Crippen LogP contribution in [0.25, 0.3) is 5.69 Å². The normalized spacial score (nSPS) is 10.8. The monoisotopic (exact) mass is 478 g/mol. The molecule has 11 heteroatoms. The number of rotatable bonds is 8. The fourth-order valence-electron chi connectivity index (χ4n) is 3.38. The molecule has 0 unspecified atom stereocenters. The number of carbonyl (C=O) groups excluding carboxylic acids is 1. The van der Waals surface area contributed by atoms with Crippen molar-refractivity contribution in [3.05, 3.63) is 92.5 Å². The molecule has 0 bridgehead atoms. The summed E-state index contributed by atoms with van der Waals surface area (Å²) in [6, 6.07) is 16.2. The van der Waals surface area contributed by atoms with E-state index >= 15 is 0 Å². The van der Waals surface area contributed by atoms with Crippen molar-refractivity contribution in [1.82, 2.24) is 24.7 Å². The van der Waals surface area contributed by atoms with Gasteiger partial charge in [0.05, 0.1) is 18.6 Å². The van der Waals surface area contributed by atoms with Crippen molar-refractivity contribution in [3.8, 4) is 11.4 Å². The average molecular weight is 479 g/mol. The van der Waals surface area contributed by atoms with E-state index in [1.54, 1.807) is 19.2 Å². The second kappa shape index (κ2) is 10.2. The number of ether oxygens (including phenoxy) is 1. The number of anilines is 1. The van der Waals surface area contributed by atoms with E-state index in [-0.39, 0.29) is 18.1 Å². The van der Waals surface area contributed by atoms with Crippen LogP contribution in [0, 0.1) is 6.92 Å². The van der Waals surface area contributed by atoms with Crippen molar-refractivity contribution >= 4 is 23.4 Å². The maximum Gasteiger partial charge on any atom is 0.325 e. The third kappa shape index (κ3) is 5.44. The zero-order valence-electron chi connectivity index (χ0n) is 18.5. The van der Waals surface area contributed by atoms with Gasteiger partial charge < -0.3 is 15.0 Å². The molecule has 1 amide bonds. The van der Waals surface area contributed by atoms with E-state index in [4.69, 9.17) is 4.74 Å². The Hall–Kier alpha value is -4.12. The van der Waals surface area contributed by atoms with Crippen LogP contribution < -0.4 is 21.3 Å². The van der Waals surface area contributed by atoms with Crippen molar-refractivity contribution in [2.24, 2.45) is 0 Å². The number of methoxy groups -OCH3 is 1. The van der Waals surface area contributed by atoms with Gasteiger partial charge in [-0.3, -0.25) is 19.1 Å². The van der Waals surface area contributed by atoms with E-state index in [1.807, 2.05) is 47.9 Å². The Labute approximate surface area is 198 Å². The van der Waals surface area contributed by atoms with Crippen LogP contribution in [0.2, 0.25) is 0 Å². The van der Waals surface area contributed by atoms with Crippen molar-refractivity contribution < 1.29 is 9.53 Å². The standard InChI is InChI=1S/C23H22N6O4S/c1-14-6-5-7-16(10-14)29-19(11-15-12-20(30)26-22(32)24-15)27-28-23(29)34-13-21(31)25-17-8-3-4-9-18(17)33-2/h3-10,12H,11,13H2,1-2H3,(H,25,31)(H2,24,26,30,32). The molecule has 0 aliphatic carbocycles. The second-order valence-corrected chi connectivity index (χ2v) is 8.34. The molecule has 2 aromatic carbocycles. The molecule has 174 valence electrons. The van der Waals surface area contributed by atoms with E-state index in [0.717, 1.165) is 11.3 Å². The van der Waals surface area contributed by atoms with E-state index in [0.29, 0.717) is 28.1 Å². The van der Waals surface area contributed by atoms with Gasteiger partial charge in [0, 0.05) is 23.9 Å². The highest BCUT2D eigenvalue weighted by atomic mass is 32.2. The Morgan fingerprint density at radius 1 is 1.09 bits per heavy atom. The van der Waals surface area contributed by atoms with E-state index in [1.165, 1.54) is 17.8 Å². The fraction of sp³-hybridized carbons (Fsp3) is 0.174. The molecule has 3 N–H and O–H groups in total. The van der Waals surface area contributed by atoms with Gasteiger partial charge in [0.2, 0.25) is 5.91 Å². The average Bonchev–Trinajstić information content (AvgIpc) is 3.19. The SMILES string of the molecule is COc1ccccc1NC(=O)CSc1nnc(Cc2cc(=O)[nH]c(=O)[nH]2)n1-c1cccc(C)c1. The minimum atomic E-state index is -0.591. The zero-order chi connectivity index (χ0) is 24.1. The summed E-state index contributed by atoms with van der Waals surface area (Å²) >= 11 is 1.22. The van der Waals surface area contributed by atoms with Gasteiger partial charge in [-0.1, -0.05) is 36.0 Å². The molecular weight excluding hydrogens is 456 g/mol. The summed E-state index contributed by atoms with van der Waals surface area (Å²) in [5, 5.41) is 11.9. The van der Waals surface area contributed by atoms with Crippen LogP contribution in [0.3, 0.4) is 0 Å². The second-order valence-electron chi connectivity index (χ2n) is 7.40. The number of amides is 1. The minimum Gasteiger partial charge on any atom is -0.495 e. The van der Waals surface area contributed by atoms with Crippen LogP contribution in [0.5, 0.6) is 5.75 Å². The molecule has 0 saturated heterocycles. The molecule has 0 saturated carbocycles. The molecule has 0 spiro atoms. The summed E-state index contributed by atoms with van der Waals surface area (Å²) in [7, 11) is 1.54. The topological polar surface area (TPSA) is 135 Å². The molecular formula is C23H22N6O4S. The number of nitrogens with zero attached hydrogens (tertiary/aromatic N) is 3.